The van der Waals surface area contributed by atoms with Crippen molar-refractivity contribution < 1.29 is 29.2 Å². The van der Waals surface area contributed by atoms with Crippen LogP contribution in [-0.4, -0.2) is 30.8 Å². The van der Waals surface area contributed by atoms with Crippen molar-refractivity contribution in [2.24, 2.45) is 0 Å². The van der Waals surface area contributed by atoms with Crippen molar-refractivity contribution >= 4 is 16.9 Å². The third kappa shape index (κ3) is 2.19. The van der Waals surface area contributed by atoms with Crippen molar-refractivity contribution in [1.82, 2.24) is 9.55 Å². The normalized spacial score (nSPS) is 23.0. The monoisotopic (exact) mass is 438 g/mol. The number of aliphatic hydroxyl groups excluding tert-OH is 1. The van der Waals surface area contributed by atoms with Crippen LogP contribution in [0.3, 0.4) is 0 Å². The van der Waals surface area contributed by atoms with Crippen LogP contribution in [0.25, 0.3) is 22.3 Å². The lowest BCUT2D eigenvalue weighted by Gasteiger charge is -2.31. The highest BCUT2D eigenvalue weighted by atomic mass is 19.1. The number of nitrogens with zero attached hydrogens (tertiary/aromatic N) is 2. The molecular weight excluding hydrogens is 419 g/mol. The number of pyridine rings is 2. The molecule has 0 saturated heterocycles. The van der Waals surface area contributed by atoms with Gasteiger partial charge in [-0.1, -0.05) is 6.92 Å². The first kappa shape index (κ1) is 19.4. The highest BCUT2D eigenvalue weighted by Gasteiger charge is 2.45. The molecule has 6 rings (SSSR count). The zero-order valence-electron chi connectivity index (χ0n) is 17.1. The highest BCUT2D eigenvalue weighted by molar-refractivity contribution is 5.93. The first-order valence-electron chi connectivity index (χ1n) is 10.5. The Morgan fingerprint density at radius 1 is 1.28 bits per heavy atom. The average Bonchev–Trinajstić information content (AvgIpc) is 3.14. The molecule has 1 aromatic carbocycles. The molecule has 4 heterocycles. The van der Waals surface area contributed by atoms with E-state index in [9.17, 15) is 29.3 Å². The second kappa shape index (κ2) is 6.14. The Labute approximate surface area is 180 Å². The van der Waals surface area contributed by atoms with Gasteiger partial charge in [0.05, 0.1) is 35.1 Å². The van der Waals surface area contributed by atoms with E-state index in [1.54, 1.807) is 13.0 Å². The number of carbonyl (C=O) groups excluding carboxylic acids is 1. The van der Waals surface area contributed by atoms with Crippen LogP contribution >= 0.6 is 0 Å². The first-order valence-corrected chi connectivity index (χ1v) is 10.5. The number of aromatic hydroxyl groups is 1. The van der Waals surface area contributed by atoms with Crippen LogP contribution in [0.1, 0.15) is 53.7 Å². The third-order valence-corrected chi connectivity index (χ3v) is 7.05. The lowest BCUT2D eigenvalue weighted by molar-refractivity contribution is -0.172. The summed E-state index contributed by atoms with van der Waals surface area (Å²) in [5.41, 5.74) is 0.626. The summed E-state index contributed by atoms with van der Waals surface area (Å²) < 4.78 is 20.9. The summed E-state index contributed by atoms with van der Waals surface area (Å²) in [6.45, 7) is 1.51. The number of ether oxygens (including phenoxy) is 1. The summed E-state index contributed by atoms with van der Waals surface area (Å²) in [7, 11) is 0. The Balaban J connectivity index is 1.70. The molecule has 0 amide bonds. The maximum Gasteiger partial charge on any atom is 0.343 e. The van der Waals surface area contributed by atoms with Crippen molar-refractivity contribution in [3.63, 3.8) is 0 Å². The summed E-state index contributed by atoms with van der Waals surface area (Å²) in [5.74, 6) is -2.06. The molecule has 2 aliphatic heterocycles. The number of rotatable bonds is 1. The van der Waals surface area contributed by atoms with Gasteiger partial charge in [0, 0.05) is 28.1 Å². The minimum Gasteiger partial charge on any atom is -0.505 e. The number of aryl methyl sites for hydroxylation is 1. The number of halogens is 1. The van der Waals surface area contributed by atoms with Crippen LogP contribution in [-0.2, 0) is 34.7 Å². The Morgan fingerprint density at radius 3 is 2.81 bits per heavy atom. The molecule has 3 aromatic rings. The Morgan fingerprint density at radius 2 is 2.06 bits per heavy atom. The first-order chi connectivity index (χ1) is 15.3. The number of benzene rings is 1. The Bertz CT molecular complexity index is 1450. The van der Waals surface area contributed by atoms with E-state index >= 15 is 0 Å². The molecule has 1 aliphatic carbocycles. The molecule has 2 atom stereocenters. The van der Waals surface area contributed by atoms with Gasteiger partial charge in [-0.2, -0.15) is 0 Å². The molecule has 3 aliphatic rings. The lowest BCUT2D eigenvalue weighted by atomic mass is 9.84. The quantitative estimate of drug-likeness (QED) is 0.388. The average molecular weight is 438 g/mol. The molecule has 0 saturated carbocycles. The third-order valence-electron chi connectivity index (χ3n) is 7.05. The number of hydrogen-bond donors (Lipinski definition) is 3. The molecule has 3 N–H and O–H groups in total. The van der Waals surface area contributed by atoms with Gasteiger partial charge in [-0.3, -0.25) is 4.79 Å². The van der Waals surface area contributed by atoms with Crippen molar-refractivity contribution in [1.29, 1.82) is 0 Å². The Hall–Kier alpha value is -3.30. The summed E-state index contributed by atoms with van der Waals surface area (Å²) in [4.78, 5) is 30.2. The van der Waals surface area contributed by atoms with Crippen LogP contribution < -0.4 is 5.56 Å². The molecule has 9 heteroatoms. The van der Waals surface area contributed by atoms with E-state index in [1.807, 2.05) is 0 Å². The maximum atomic E-state index is 14.4. The van der Waals surface area contributed by atoms with E-state index in [0.717, 1.165) is 6.07 Å². The second-order valence-corrected chi connectivity index (χ2v) is 8.59. The fourth-order valence-electron chi connectivity index (χ4n) is 5.35. The zero-order chi connectivity index (χ0) is 22.5. The molecule has 1 unspecified atom stereocenters. The second-order valence-electron chi connectivity index (χ2n) is 8.59. The summed E-state index contributed by atoms with van der Waals surface area (Å²) in [6, 6.07) is 2.69. The van der Waals surface area contributed by atoms with E-state index in [4.69, 9.17) is 4.74 Å². The summed E-state index contributed by atoms with van der Waals surface area (Å²) >= 11 is 0. The predicted molar refractivity (Wildman–Crippen MR) is 109 cm³/mol. The molecule has 0 bridgehead atoms. The zero-order valence-corrected chi connectivity index (χ0v) is 17.1. The molecule has 0 spiro atoms. The van der Waals surface area contributed by atoms with E-state index in [0.29, 0.717) is 46.3 Å². The minimum atomic E-state index is -1.94. The molecule has 2 aromatic heterocycles. The number of carbonyl (C=O) groups is 1. The van der Waals surface area contributed by atoms with Crippen LogP contribution in [0.2, 0.25) is 0 Å². The number of fused-ring (bicyclic) bond motifs is 5. The van der Waals surface area contributed by atoms with Gasteiger partial charge in [0.2, 0.25) is 0 Å². The smallest absolute Gasteiger partial charge is 0.343 e. The number of hydrogen-bond acceptors (Lipinski definition) is 7. The van der Waals surface area contributed by atoms with Gasteiger partial charge in [0.15, 0.2) is 17.2 Å². The fraction of sp³-hybridized carbons (Fsp3) is 0.348. The van der Waals surface area contributed by atoms with Gasteiger partial charge < -0.3 is 24.6 Å². The number of cyclic esters (lactones) is 1. The van der Waals surface area contributed by atoms with Crippen molar-refractivity contribution in [3.8, 4) is 17.1 Å². The largest absolute Gasteiger partial charge is 0.505 e. The highest BCUT2D eigenvalue weighted by Crippen LogP contribution is 2.46. The minimum absolute atomic E-state index is 0.0253. The number of phenolic OH excluding ortho intramolecular Hbond substituents is 1. The number of aromatic nitrogens is 2. The molecule has 8 nitrogen and oxygen atoms in total. The van der Waals surface area contributed by atoms with Gasteiger partial charge in [-0.05, 0) is 30.9 Å². The van der Waals surface area contributed by atoms with Crippen molar-refractivity contribution in [2.45, 2.75) is 51.0 Å². The van der Waals surface area contributed by atoms with Crippen LogP contribution in [0.4, 0.5) is 4.39 Å². The van der Waals surface area contributed by atoms with Crippen molar-refractivity contribution in [2.75, 3.05) is 0 Å². The van der Waals surface area contributed by atoms with Gasteiger partial charge in [-0.25, -0.2) is 14.2 Å². The SMILES string of the molecule is CC[C@@]1(O)C(=O)OCc2c1cc1n(c2=O)Cc2c-1nc1cc(F)c(O)c3c1c2C(O)CC3. The Kier molecular flexibility index (Phi) is 3.72. The lowest BCUT2D eigenvalue weighted by Crippen LogP contribution is -2.44. The number of phenols is 1. The maximum absolute atomic E-state index is 14.4. The van der Waals surface area contributed by atoms with Crippen LogP contribution in [0, 0.1) is 5.82 Å². The molecular formula is C23H19FN2O6. The van der Waals surface area contributed by atoms with Gasteiger partial charge in [0.1, 0.15) is 6.61 Å². The fourth-order valence-corrected chi connectivity index (χ4v) is 5.35. The molecule has 0 radical (unpaired) electrons. The number of aliphatic hydroxyl groups is 2. The van der Waals surface area contributed by atoms with Gasteiger partial charge in [0.25, 0.3) is 5.56 Å². The number of esters is 1. The van der Waals surface area contributed by atoms with Crippen LogP contribution in [0.5, 0.6) is 5.75 Å². The summed E-state index contributed by atoms with van der Waals surface area (Å²) in [6.07, 6.45) is -0.227. The summed E-state index contributed by atoms with van der Waals surface area (Å²) in [5, 5.41) is 32.5. The van der Waals surface area contributed by atoms with E-state index in [1.165, 1.54) is 4.57 Å². The standard InChI is InChI=1S/C23H19FN2O6/c1-2-23(31)12-5-15-19-10(7-26(15)21(29)11(12)8-32-22(23)30)18-16(27)4-3-9-17(18)14(25-19)6-13(24)20(9)28/h5-6,16,27-28,31H,2-4,7-8H2,1H3/t16?,23-/m0/s1. The van der Waals surface area contributed by atoms with Gasteiger partial charge >= 0.3 is 5.97 Å². The molecule has 32 heavy (non-hydrogen) atoms. The topological polar surface area (TPSA) is 122 Å². The van der Waals surface area contributed by atoms with E-state index in [2.05, 4.69) is 4.98 Å². The van der Waals surface area contributed by atoms with E-state index < -0.39 is 34.8 Å². The molecule has 164 valence electrons. The predicted octanol–water partition coefficient (Wildman–Crippen LogP) is 1.90. The molecule has 0 fully saturated rings. The van der Waals surface area contributed by atoms with Crippen molar-refractivity contribution in [3.05, 3.63) is 56.1 Å². The van der Waals surface area contributed by atoms with E-state index in [-0.39, 0.29) is 36.2 Å². The van der Waals surface area contributed by atoms with Crippen LogP contribution in [0.15, 0.2) is 16.9 Å². The van der Waals surface area contributed by atoms with Gasteiger partial charge in [-0.15, -0.1) is 0 Å².